The fourth-order valence-corrected chi connectivity index (χ4v) is 3.30. The van der Waals surface area contributed by atoms with E-state index in [1.165, 1.54) is 0 Å². The van der Waals surface area contributed by atoms with E-state index in [2.05, 4.69) is 27.9 Å². The van der Waals surface area contributed by atoms with Gasteiger partial charge in [0.25, 0.3) is 0 Å². The Morgan fingerprint density at radius 3 is 2.71 bits per heavy atom. The second kappa shape index (κ2) is 8.04. The monoisotopic (exact) mass is 383 g/mol. The highest BCUT2D eigenvalue weighted by molar-refractivity contribution is 6.06. The summed E-state index contributed by atoms with van der Waals surface area (Å²) in [6, 6.07) is 7.97. The molecule has 1 amide bonds. The Hall–Kier alpha value is -2.83. The number of para-hydroxylation sites is 1. The molecule has 1 aromatic carbocycles. The van der Waals surface area contributed by atoms with Crippen molar-refractivity contribution in [2.75, 3.05) is 12.3 Å². The van der Waals surface area contributed by atoms with E-state index in [0.29, 0.717) is 12.4 Å². The van der Waals surface area contributed by atoms with Gasteiger partial charge in [-0.2, -0.15) is 0 Å². The summed E-state index contributed by atoms with van der Waals surface area (Å²) in [6.07, 6.45) is 2.22. The number of ether oxygens (including phenoxy) is 1. The lowest BCUT2D eigenvalue weighted by Crippen LogP contribution is -2.33. The molecule has 3 aromatic rings. The van der Waals surface area contributed by atoms with Crippen molar-refractivity contribution in [3.63, 3.8) is 0 Å². The fraction of sp³-hybridized carbons (Fsp3) is 0.476. The van der Waals surface area contributed by atoms with Crippen molar-refractivity contribution in [1.82, 2.24) is 19.9 Å². The van der Waals surface area contributed by atoms with E-state index in [1.54, 1.807) is 0 Å². The molecule has 3 rings (SSSR count). The molecule has 0 aliphatic heterocycles. The van der Waals surface area contributed by atoms with Crippen LogP contribution in [0.5, 0.6) is 0 Å². The van der Waals surface area contributed by atoms with Gasteiger partial charge in [0.1, 0.15) is 16.9 Å². The third-order valence-corrected chi connectivity index (χ3v) is 4.39. The Morgan fingerprint density at radius 2 is 2.00 bits per heavy atom. The summed E-state index contributed by atoms with van der Waals surface area (Å²) < 4.78 is 7.51. The number of nitrogen functional groups attached to an aromatic ring is 1. The SMILES string of the molecule is CCCc1nc2c(N)nc3ccccc3c2n1CCCNC(=O)OC(C)(C)C. The summed E-state index contributed by atoms with van der Waals surface area (Å²) in [7, 11) is 0. The van der Waals surface area contributed by atoms with Crippen molar-refractivity contribution in [2.24, 2.45) is 0 Å². The number of carbonyl (C=O) groups is 1. The minimum atomic E-state index is -0.498. The highest BCUT2D eigenvalue weighted by Crippen LogP contribution is 2.29. The molecule has 0 unspecified atom stereocenters. The molecule has 3 N–H and O–H groups in total. The molecule has 0 saturated carbocycles. The fourth-order valence-electron chi connectivity index (χ4n) is 3.30. The predicted molar refractivity (Wildman–Crippen MR) is 112 cm³/mol. The number of rotatable bonds is 6. The second-order valence-electron chi connectivity index (χ2n) is 7.92. The molecule has 0 aliphatic carbocycles. The Morgan fingerprint density at radius 1 is 1.25 bits per heavy atom. The number of nitrogens with one attached hydrogen (secondary N) is 1. The van der Waals surface area contributed by atoms with Crippen molar-refractivity contribution in [3.8, 4) is 0 Å². The summed E-state index contributed by atoms with van der Waals surface area (Å²) in [5, 5.41) is 3.86. The zero-order valence-corrected chi connectivity index (χ0v) is 17.1. The van der Waals surface area contributed by atoms with E-state index in [0.717, 1.165) is 53.6 Å². The number of pyridine rings is 1. The largest absolute Gasteiger partial charge is 0.444 e. The van der Waals surface area contributed by atoms with Gasteiger partial charge in [0, 0.05) is 24.9 Å². The number of carbonyl (C=O) groups excluding carboxylic acids is 1. The van der Waals surface area contributed by atoms with Crippen molar-refractivity contribution in [2.45, 2.75) is 59.1 Å². The number of nitrogens with zero attached hydrogens (tertiary/aromatic N) is 3. The molecule has 28 heavy (non-hydrogen) atoms. The molecule has 0 bridgehead atoms. The van der Waals surface area contributed by atoms with E-state index >= 15 is 0 Å². The molecule has 0 spiro atoms. The van der Waals surface area contributed by atoms with Crippen LogP contribution in [0.25, 0.3) is 21.9 Å². The molecule has 0 atom stereocenters. The van der Waals surface area contributed by atoms with Crippen LogP contribution < -0.4 is 11.1 Å². The van der Waals surface area contributed by atoms with E-state index < -0.39 is 11.7 Å². The number of nitrogens with two attached hydrogens (primary N) is 1. The number of aryl methyl sites for hydroxylation is 2. The average molecular weight is 383 g/mol. The number of fused-ring (bicyclic) bond motifs is 3. The third kappa shape index (κ3) is 4.35. The number of benzene rings is 1. The molecule has 0 aliphatic rings. The van der Waals surface area contributed by atoms with Gasteiger partial charge in [-0.25, -0.2) is 14.8 Å². The number of hydrogen-bond donors (Lipinski definition) is 2. The number of imidazole rings is 1. The van der Waals surface area contributed by atoms with Gasteiger partial charge in [-0.3, -0.25) is 0 Å². The molecular formula is C21H29N5O2. The van der Waals surface area contributed by atoms with Gasteiger partial charge in [0.15, 0.2) is 5.82 Å². The molecule has 0 saturated heterocycles. The summed E-state index contributed by atoms with van der Waals surface area (Å²) in [5.41, 5.74) is 8.33. The van der Waals surface area contributed by atoms with Crippen molar-refractivity contribution < 1.29 is 9.53 Å². The van der Waals surface area contributed by atoms with E-state index in [-0.39, 0.29) is 0 Å². The van der Waals surface area contributed by atoms with Crippen molar-refractivity contribution in [1.29, 1.82) is 0 Å². The lowest BCUT2D eigenvalue weighted by atomic mass is 10.2. The summed E-state index contributed by atoms with van der Waals surface area (Å²) >= 11 is 0. The average Bonchev–Trinajstić information content (AvgIpc) is 2.97. The molecule has 7 nitrogen and oxygen atoms in total. The molecule has 0 fully saturated rings. The first kappa shape index (κ1) is 19.9. The summed E-state index contributed by atoms with van der Waals surface area (Å²) in [5.74, 6) is 1.45. The zero-order valence-electron chi connectivity index (χ0n) is 17.1. The van der Waals surface area contributed by atoms with Crippen LogP contribution in [0, 0.1) is 0 Å². The molecular weight excluding hydrogens is 354 g/mol. The zero-order chi connectivity index (χ0) is 20.3. The molecule has 7 heteroatoms. The van der Waals surface area contributed by atoms with E-state index in [4.69, 9.17) is 15.5 Å². The first-order valence-electron chi connectivity index (χ1n) is 9.80. The Balaban J connectivity index is 1.85. The first-order valence-corrected chi connectivity index (χ1v) is 9.80. The highest BCUT2D eigenvalue weighted by atomic mass is 16.6. The molecule has 0 radical (unpaired) electrons. The minimum absolute atomic E-state index is 0.393. The molecule has 2 aromatic heterocycles. The highest BCUT2D eigenvalue weighted by Gasteiger charge is 2.18. The number of alkyl carbamates (subject to hydrolysis) is 1. The van der Waals surface area contributed by atoms with Crippen LogP contribution in [0.1, 0.15) is 46.4 Å². The van der Waals surface area contributed by atoms with Crippen LogP contribution in [0.4, 0.5) is 10.6 Å². The molecule has 150 valence electrons. The number of anilines is 1. The van der Waals surface area contributed by atoms with Gasteiger partial charge in [0.2, 0.25) is 0 Å². The van der Waals surface area contributed by atoms with Crippen molar-refractivity contribution >= 4 is 33.8 Å². The maximum atomic E-state index is 11.8. The van der Waals surface area contributed by atoms with Crippen LogP contribution in [-0.2, 0) is 17.7 Å². The van der Waals surface area contributed by atoms with Gasteiger partial charge < -0.3 is 20.4 Å². The third-order valence-electron chi connectivity index (χ3n) is 4.39. The van der Waals surface area contributed by atoms with E-state index in [1.807, 2.05) is 39.0 Å². The lowest BCUT2D eigenvalue weighted by molar-refractivity contribution is 0.0526. The van der Waals surface area contributed by atoms with Crippen LogP contribution in [0.15, 0.2) is 24.3 Å². The number of hydrogen-bond acceptors (Lipinski definition) is 5. The minimum Gasteiger partial charge on any atom is -0.444 e. The normalized spacial score (nSPS) is 11.9. The number of aromatic nitrogens is 3. The number of amides is 1. The van der Waals surface area contributed by atoms with Crippen LogP contribution in [-0.4, -0.2) is 32.8 Å². The first-order chi connectivity index (χ1) is 13.3. The van der Waals surface area contributed by atoms with Gasteiger partial charge in [-0.05, 0) is 39.7 Å². The quantitative estimate of drug-likeness (QED) is 0.627. The Bertz CT molecular complexity index is 988. The predicted octanol–water partition coefficient (Wildman–Crippen LogP) is 4.03. The van der Waals surface area contributed by atoms with Gasteiger partial charge in [-0.15, -0.1) is 0 Å². The van der Waals surface area contributed by atoms with Crippen molar-refractivity contribution in [3.05, 3.63) is 30.1 Å². The standard InChI is InChI=1S/C21H29N5O2/c1-5-9-16-25-17-18(14-10-6-7-11-15(14)24-19(17)22)26(16)13-8-12-23-20(27)28-21(2,3)4/h6-7,10-11H,5,8-9,12-13H2,1-4H3,(H2,22,24)(H,23,27). The summed E-state index contributed by atoms with van der Waals surface area (Å²) in [6.45, 7) is 8.95. The maximum absolute atomic E-state index is 11.8. The Labute approximate surface area is 165 Å². The van der Waals surface area contributed by atoms with Crippen LogP contribution in [0.2, 0.25) is 0 Å². The maximum Gasteiger partial charge on any atom is 0.407 e. The molecule has 2 heterocycles. The van der Waals surface area contributed by atoms with Crippen LogP contribution in [0.3, 0.4) is 0 Å². The van der Waals surface area contributed by atoms with Gasteiger partial charge in [0.05, 0.1) is 11.0 Å². The Kier molecular flexibility index (Phi) is 5.72. The second-order valence-corrected chi connectivity index (χ2v) is 7.92. The smallest absolute Gasteiger partial charge is 0.407 e. The van der Waals surface area contributed by atoms with Gasteiger partial charge >= 0.3 is 6.09 Å². The topological polar surface area (TPSA) is 95.1 Å². The lowest BCUT2D eigenvalue weighted by Gasteiger charge is -2.19. The van der Waals surface area contributed by atoms with Crippen LogP contribution >= 0.6 is 0 Å². The summed E-state index contributed by atoms with van der Waals surface area (Å²) in [4.78, 5) is 21.1. The van der Waals surface area contributed by atoms with Gasteiger partial charge in [-0.1, -0.05) is 25.1 Å². The van der Waals surface area contributed by atoms with E-state index in [9.17, 15) is 4.79 Å².